The Hall–Kier alpha value is -1.60. The fourth-order valence-corrected chi connectivity index (χ4v) is 2.39. The molecule has 0 saturated carbocycles. The van der Waals surface area contributed by atoms with Crippen LogP contribution in [0.2, 0.25) is 0 Å². The Kier molecular flexibility index (Phi) is 4.90. The third-order valence-corrected chi connectivity index (χ3v) is 4.31. The van der Waals surface area contributed by atoms with Gasteiger partial charge in [-0.05, 0) is 30.7 Å². The molecule has 0 atom stereocenters. The van der Waals surface area contributed by atoms with Crippen LogP contribution in [0.15, 0.2) is 23.1 Å². The zero-order chi connectivity index (χ0) is 14.6. The van der Waals surface area contributed by atoms with Crippen LogP contribution in [-0.2, 0) is 14.8 Å². The summed E-state index contributed by atoms with van der Waals surface area (Å²) in [5.74, 6) is -0.455. The summed E-state index contributed by atoms with van der Waals surface area (Å²) in [7, 11) is -0.546. The lowest BCUT2D eigenvalue weighted by atomic mass is 10.2. The van der Waals surface area contributed by atoms with Crippen molar-refractivity contribution in [3.8, 4) is 5.75 Å². The number of nitrogens with zero attached hydrogens (tertiary/aromatic N) is 1. The second-order valence-electron chi connectivity index (χ2n) is 4.21. The molecule has 1 aromatic carbocycles. The van der Waals surface area contributed by atoms with E-state index in [1.165, 1.54) is 32.3 Å². The molecule has 0 amide bonds. The molecular formula is C12H17NO5S. The van der Waals surface area contributed by atoms with Crippen LogP contribution in [0.25, 0.3) is 0 Å². The first-order valence-corrected chi connectivity index (χ1v) is 7.07. The van der Waals surface area contributed by atoms with Gasteiger partial charge >= 0.3 is 5.97 Å². The highest BCUT2D eigenvalue weighted by Gasteiger charge is 2.18. The SMILES string of the molecule is Cc1cc(S(=O)(=O)N(C)C)ccc1OCCC(=O)O. The second kappa shape index (κ2) is 6.03. The van der Waals surface area contributed by atoms with Crippen molar-refractivity contribution in [1.29, 1.82) is 0 Å². The van der Waals surface area contributed by atoms with Gasteiger partial charge in [-0.25, -0.2) is 12.7 Å². The van der Waals surface area contributed by atoms with Gasteiger partial charge in [-0.2, -0.15) is 0 Å². The molecule has 19 heavy (non-hydrogen) atoms. The Bertz CT molecular complexity index is 565. The maximum atomic E-state index is 11.9. The molecule has 6 nitrogen and oxygen atoms in total. The first kappa shape index (κ1) is 15.5. The molecule has 0 radical (unpaired) electrons. The zero-order valence-electron chi connectivity index (χ0n) is 11.1. The standard InChI is InChI=1S/C12H17NO5S/c1-9-8-10(19(16,17)13(2)3)4-5-11(9)18-7-6-12(14)15/h4-5,8H,6-7H2,1-3H3,(H,14,15). The number of sulfonamides is 1. The summed E-state index contributed by atoms with van der Waals surface area (Å²) in [6.45, 7) is 1.76. The van der Waals surface area contributed by atoms with E-state index < -0.39 is 16.0 Å². The Balaban J connectivity index is 2.89. The molecule has 0 aliphatic heterocycles. The van der Waals surface area contributed by atoms with Crippen molar-refractivity contribution in [2.45, 2.75) is 18.2 Å². The van der Waals surface area contributed by atoms with E-state index >= 15 is 0 Å². The van der Waals surface area contributed by atoms with Crippen molar-refractivity contribution in [2.75, 3.05) is 20.7 Å². The van der Waals surface area contributed by atoms with Crippen molar-refractivity contribution in [3.05, 3.63) is 23.8 Å². The molecule has 0 spiro atoms. The molecule has 7 heteroatoms. The smallest absolute Gasteiger partial charge is 0.306 e. The topological polar surface area (TPSA) is 83.9 Å². The number of hydrogen-bond donors (Lipinski definition) is 1. The number of benzene rings is 1. The monoisotopic (exact) mass is 287 g/mol. The molecule has 1 rings (SSSR count). The maximum Gasteiger partial charge on any atom is 0.306 e. The van der Waals surface area contributed by atoms with Crippen LogP contribution in [0.1, 0.15) is 12.0 Å². The summed E-state index contributed by atoms with van der Waals surface area (Å²) in [6, 6.07) is 4.48. The number of rotatable bonds is 6. The van der Waals surface area contributed by atoms with E-state index in [9.17, 15) is 13.2 Å². The maximum absolute atomic E-state index is 11.9. The molecule has 0 saturated heterocycles. The number of carboxylic acids is 1. The van der Waals surface area contributed by atoms with E-state index in [2.05, 4.69) is 0 Å². The number of ether oxygens (including phenoxy) is 1. The second-order valence-corrected chi connectivity index (χ2v) is 6.36. The van der Waals surface area contributed by atoms with Gasteiger partial charge in [-0.15, -0.1) is 0 Å². The first-order valence-electron chi connectivity index (χ1n) is 5.63. The molecule has 0 aliphatic carbocycles. The molecule has 0 aromatic heterocycles. The Morgan fingerprint density at radius 2 is 2.00 bits per heavy atom. The van der Waals surface area contributed by atoms with Gasteiger partial charge in [0.05, 0.1) is 17.9 Å². The lowest BCUT2D eigenvalue weighted by Crippen LogP contribution is -2.22. The lowest BCUT2D eigenvalue weighted by Gasteiger charge is -2.13. The van der Waals surface area contributed by atoms with Gasteiger partial charge in [0, 0.05) is 14.1 Å². The quantitative estimate of drug-likeness (QED) is 0.847. The Morgan fingerprint density at radius 1 is 1.37 bits per heavy atom. The molecule has 0 bridgehead atoms. The van der Waals surface area contributed by atoms with Crippen LogP contribution in [0.4, 0.5) is 0 Å². The van der Waals surface area contributed by atoms with E-state index in [1.54, 1.807) is 6.92 Å². The van der Waals surface area contributed by atoms with Crippen molar-refractivity contribution >= 4 is 16.0 Å². The Morgan fingerprint density at radius 3 is 2.47 bits per heavy atom. The summed E-state index contributed by atoms with van der Waals surface area (Å²) < 4.78 is 30.2. The number of aliphatic carboxylic acids is 1. The fourth-order valence-electron chi connectivity index (χ4n) is 1.40. The summed E-state index contributed by atoms with van der Waals surface area (Å²) in [6.07, 6.45) is -0.100. The minimum absolute atomic E-state index is 0.0515. The third-order valence-electron chi connectivity index (χ3n) is 2.50. The van der Waals surface area contributed by atoms with E-state index in [-0.39, 0.29) is 17.9 Å². The summed E-state index contributed by atoms with van der Waals surface area (Å²) >= 11 is 0. The average Bonchev–Trinajstić information content (AvgIpc) is 2.30. The fraction of sp³-hybridized carbons (Fsp3) is 0.417. The van der Waals surface area contributed by atoms with Crippen LogP contribution >= 0.6 is 0 Å². The van der Waals surface area contributed by atoms with Gasteiger partial charge in [-0.3, -0.25) is 4.79 Å². The molecule has 0 heterocycles. The van der Waals surface area contributed by atoms with Crippen molar-refractivity contribution in [2.24, 2.45) is 0 Å². The summed E-state index contributed by atoms with van der Waals surface area (Å²) in [5.41, 5.74) is 0.647. The number of hydrogen-bond acceptors (Lipinski definition) is 4. The molecule has 1 aromatic rings. The number of aryl methyl sites for hydroxylation is 1. The normalized spacial score (nSPS) is 11.6. The van der Waals surface area contributed by atoms with Crippen molar-refractivity contribution < 1.29 is 23.1 Å². The molecule has 0 fully saturated rings. The molecule has 0 aliphatic rings. The Labute approximate surface area is 112 Å². The van der Waals surface area contributed by atoms with Gasteiger partial charge in [-0.1, -0.05) is 0 Å². The third kappa shape index (κ3) is 3.93. The average molecular weight is 287 g/mol. The molecular weight excluding hydrogens is 270 g/mol. The van der Waals surface area contributed by atoms with Crippen LogP contribution in [0.3, 0.4) is 0 Å². The minimum Gasteiger partial charge on any atom is -0.493 e. The predicted octanol–water partition coefficient (Wildman–Crippen LogP) is 1.10. The highest BCUT2D eigenvalue weighted by molar-refractivity contribution is 7.89. The number of carbonyl (C=O) groups is 1. The molecule has 106 valence electrons. The molecule has 0 unspecified atom stereocenters. The van der Waals surface area contributed by atoms with Crippen molar-refractivity contribution in [3.63, 3.8) is 0 Å². The van der Waals surface area contributed by atoms with Crippen molar-refractivity contribution in [1.82, 2.24) is 4.31 Å². The van der Waals surface area contributed by atoms with Gasteiger partial charge in [0.1, 0.15) is 5.75 Å². The highest BCUT2D eigenvalue weighted by Crippen LogP contribution is 2.23. The first-order chi connectivity index (χ1) is 8.75. The largest absolute Gasteiger partial charge is 0.493 e. The highest BCUT2D eigenvalue weighted by atomic mass is 32.2. The summed E-state index contributed by atoms with van der Waals surface area (Å²) in [5, 5.41) is 8.51. The van der Waals surface area contributed by atoms with Gasteiger partial charge in [0.2, 0.25) is 10.0 Å². The van der Waals surface area contributed by atoms with Gasteiger partial charge in [0.25, 0.3) is 0 Å². The molecule has 1 N–H and O–H groups in total. The van der Waals surface area contributed by atoms with Crippen LogP contribution in [-0.4, -0.2) is 44.5 Å². The van der Waals surface area contributed by atoms with E-state index in [0.717, 1.165) is 4.31 Å². The summed E-state index contributed by atoms with van der Waals surface area (Å²) in [4.78, 5) is 10.6. The number of carboxylic acid groups (broad SMARTS) is 1. The van der Waals surface area contributed by atoms with E-state index in [0.29, 0.717) is 11.3 Å². The van der Waals surface area contributed by atoms with Gasteiger partial charge in [0.15, 0.2) is 0 Å². The van der Waals surface area contributed by atoms with E-state index in [1.807, 2.05) is 0 Å². The predicted molar refractivity (Wildman–Crippen MR) is 69.8 cm³/mol. The van der Waals surface area contributed by atoms with Crippen LogP contribution < -0.4 is 4.74 Å². The van der Waals surface area contributed by atoms with Crippen LogP contribution in [0, 0.1) is 6.92 Å². The van der Waals surface area contributed by atoms with E-state index in [4.69, 9.17) is 9.84 Å². The lowest BCUT2D eigenvalue weighted by molar-refractivity contribution is -0.137. The van der Waals surface area contributed by atoms with Gasteiger partial charge < -0.3 is 9.84 Å². The zero-order valence-corrected chi connectivity index (χ0v) is 11.9. The van der Waals surface area contributed by atoms with Crippen LogP contribution in [0.5, 0.6) is 5.75 Å². The minimum atomic E-state index is -3.47.